The van der Waals surface area contributed by atoms with Crippen LogP contribution in [0.4, 0.5) is 0 Å². The van der Waals surface area contributed by atoms with Gasteiger partial charge in [0.25, 0.3) is 0 Å². The molecule has 0 N–H and O–H groups in total. The molecule has 10 heavy (non-hydrogen) atoms. The first-order chi connectivity index (χ1) is 4.18. The summed E-state index contributed by atoms with van der Waals surface area (Å²) in [6.45, 7) is 3.54. The van der Waals surface area contributed by atoms with Gasteiger partial charge in [0.05, 0.1) is 0 Å². The van der Waals surface area contributed by atoms with Crippen LogP contribution in [0.5, 0.6) is 0 Å². The van der Waals surface area contributed by atoms with Gasteiger partial charge in [-0.25, -0.2) is 12.7 Å². The molecule has 0 heterocycles. The number of hydrogen-bond acceptors (Lipinski definition) is 2. The standard InChI is InChI=1S/C6H10NS2.Li/c1-4-5-9-6(8)7(2)3;/h4-5H,1H2,2-3H3;/q-1;+1. The van der Waals surface area contributed by atoms with E-state index >= 15 is 0 Å². The Kier molecular flexibility index (Phi) is 9.87. The van der Waals surface area contributed by atoms with Gasteiger partial charge in [0.1, 0.15) is 4.32 Å². The van der Waals surface area contributed by atoms with Gasteiger partial charge in [-0.2, -0.15) is 17.5 Å². The molecule has 0 aromatic carbocycles. The molecule has 0 atom stereocenters. The predicted octanol–water partition coefficient (Wildman–Crippen LogP) is -1.08. The molecule has 0 fully saturated rings. The van der Waals surface area contributed by atoms with Crippen molar-refractivity contribution in [2.24, 2.45) is 0 Å². The van der Waals surface area contributed by atoms with Gasteiger partial charge in [0.2, 0.25) is 0 Å². The van der Waals surface area contributed by atoms with E-state index in [9.17, 15) is 0 Å². The van der Waals surface area contributed by atoms with Crippen LogP contribution in [0, 0.1) is 5.75 Å². The second kappa shape index (κ2) is 7.55. The Balaban J connectivity index is 0. The van der Waals surface area contributed by atoms with E-state index in [0.29, 0.717) is 0 Å². The molecule has 0 aliphatic rings. The second-order valence-corrected chi connectivity index (χ2v) is 3.19. The molecule has 0 aromatic heterocycles. The minimum absolute atomic E-state index is 0. The maximum Gasteiger partial charge on any atom is 1.00 e. The van der Waals surface area contributed by atoms with Crippen molar-refractivity contribution in [1.82, 2.24) is 4.90 Å². The van der Waals surface area contributed by atoms with E-state index in [4.69, 9.17) is 12.2 Å². The molecule has 0 saturated carbocycles. The minimum atomic E-state index is 0. The fourth-order valence-electron chi connectivity index (χ4n) is 0.212. The Labute approximate surface area is 84.4 Å². The number of thioether (sulfide) groups is 1. The maximum atomic E-state index is 4.95. The van der Waals surface area contributed by atoms with Crippen molar-refractivity contribution in [1.29, 1.82) is 0 Å². The molecule has 0 amide bonds. The van der Waals surface area contributed by atoms with Crippen molar-refractivity contribution in [3.05, 3.63) is 18.4 Å². The molecule has 0 aromatic rings. The average Bonchev–Trinajstić information content (AvgIpc) is 1.82. The van der Waals surface area contributed by atoms with Crippen molar-refractivity contribution >= 4 is 28.3 Å². The van der Waals surface area contributed by atoms with Crippen LogP contribution in [-0.2, 0) is 0 Å². The number of rotatable bonds is 2. The summed E-state index contributed by atoms with van der Waals surface area (Å²) in [6, 6.07) is 0. The Morgan fingerprint density at radius 3 is 2.50 bits per heavy atom. The zero-order valence-electron chi connectivity index (χ0n) is 6.63. The minimum Gasteiger partial charge on any atom is -0.365 e. The van der Waals surface area contributed by atoms with Gasteiger partial charge in [-0.1, -0.05) is 12.2 Å². The SMILES string of the molecule is C=C[CH-]SC(=S)N(C)C.[Li+]. The molecule has 0 aliphatic carbocycles. The number of hydrogen-bond donors (Lipinski definition) is 0. The van der Waals surface area contributed by atoms with E-state index in [2.05, 4.69) is 6.58 Å². The van der Waals surface area contributed by atoms with Crippen molar-refractivity contribution < 1.29 is 18.9 Å². The molecule has 0 bridgehead atoms. The second-order valence-electron chi connectivity index (χ2n) is 1.65. The largest absolute Gasteiger partial charge is 1.00 e. The van der Waals surface area contributed by atoms with E-state index in [1.807, 2.05) is 24.7 Å². The van der Waals surface area contributed by atoms with Gasteiger partial charge in [-0.05, 0) is 0 Å². The fourth-order valence-corrected chi connectivity index (χ4v) is 0.802. The summed E-state index contributed by atoms with van der Waals surface area (Å²) >= 11 is 6.45. The smallest absolute Gasteiger partial charge is 0.365 e. The predicted molar refractivity (Wildman–Crippen MR) is 48.4 cm³/mol. The summed E-state index contributed by atoms with van der Waals surface area (Å²) in [6.07, 6.45) is 1.72. The summed E-state index contributed by atoms with van der Waals surface area (Å²) in [4.78, 5) is 1.89. The molecular formula is C6H10LiNS2. The van der Waals surface area contributed by atoms with Crippen LogP contribution >= 0.6 is 24.0 Å². The molecule has 0 aliphatic heterocycles. The third kappa shape index (κ3) is 6.57. The van der Waals surface area contributed by atoms with Crippen molar-refractivity contribution in [3.8, 4) is 0 Å². The number of thiocarbonyl (C=S) groups is 1. The third-order valence-corrected chi connectivity index (χ3v) is 2.18. The summed E-state index contributed by atoms with van der Waals surface area (Å²) in [5, 5.41) is 0. The zero-order valence-corrected chi connectivity index (χ0v) is 8.26. The van der Waals surface area contributed by atoms with Crippen LogP contribution in [0.15, 0.2) is 12.7 Å². The van der Waals surface area contributed by atoms with Gasteiger partial charge in [0, 0.05) is 14.1 Å². The maximum absolute atomic E-state index is 4.95. The molecule has 0 unspecified atom stereocenters. The van der Waals surface area contributed by atoms with Gasteiger partial charge >= 0.3 is 18.9 Å². The first kappa shape index (κ1) is 13.1. The quantitative estimate of drug-likeness (QED) is 0.292. The monoisotopic (exact) mass is 167 g/mol. The Bertz CT molecular complexity index is 114. The van der Waals surface area contributed by atoms with Gasteiger partial charge in [-0.15, -0.1) is 0 Å². The Morgan fingerprint density at radius 2 is 2.20 bits per heavy atom. The normalized spacial score (nSPS) is 7.40. The van der Waals surface area contributed by atoms with Crippen LogP contribution in [0.3, 0.4) is 0 Å². The van der Waals surface area contributed by atoms with E-state index in [0.717, 1.165) is 4.32 Å². The molecule has 0 saturated heterocycles. The summed E-state index contributed by atoms with van der Waals surface area (Å²) in [7, 11) is 3.85. The molecule has 52 valence electrons. The number of nitrogens with zero attached hydrogens (tertiary/aromatic N) is 1. The molecule has 1 nitrogen and oxygen atoms in total. The average molecular weight is 167 g/mol. The first-order valence-electron chi connectivity index (χ1n) is 2.50. The first-order valence-corrected chi connectivity index (χ1v) is 3.79. The van der Waals surface area contributed by atoms with E-state index in [1.54, 1.807) is 6.08 Å². The van der Waals surface area contributed by atoms with E-state index < -0.39 is 0 Å². The molecular weight excluding hydrogens is 157 g/mol. The zero-order chi connectivity index (χ0) is 7.28. The van der Waals surface area contributed by atoms with Gasteiger partial charge in [0.15, 0.2) is 0 Å². The topological polar surface area (TPSA) is 3.24 Å². The van der Waals surface area contributed by atoms with Crippen molar-refractivity contribution in [2.45, 2.75) is 0 Å². The van der Waals surface area contributed by atoms with Crippen LogP contribution in [0.2, 0.25) is 0 Å². The molecule has 4 heteroatoms. The van der Waals surface area contributed by atoms with Gasteiger partial charge in [-0.3, -0.25) is 0 Å². The third-order valence-electron chi connectivity index (χ3n) is 0.630. The summed E-state index contributed by atoms with van der Waals surface area (Å²) in [5.74, 6) is 1.86. The van der Waals surface area contributed by atoms with E-state index in [1.165, 1.54) is 11.8 Å². The van der Waals surface area contributed by atoms with Gasteiger partial charge < -0.3 is 4.90 Å². The molecule has 0 radical (unpaired) electrons. The molecule has 0 spiro atoms. The summed E-state index contributed by atoms with van der Waals surface area (Å²) < 4.78 is 0.856. The van der Waals surface area contributed by atoms with Crippen LogP contribution in [-0.4, -0.2) is 23.3 Å². The summed E-state index contributed by atoms with van der Waals surface area (Å²) in [5.41, 5.74) is 0. The Morgan fingerprint density at radius 1 is 1.70 bits per heavy atom. The van der Waals surface area contributed by atoms with Crippen LogP contribution < -0.4 is 18.9 Å². The van der Waals surface area contributed by atoms with Crippen molar-refractivity contribution in [2.75, 3.05) is 14.1 Å². The van der Waals surface area contributed by atoms with Crippen molar-refractivity contribution in [3.63, 3.8) is 0 Å². The van der Waals surface area contributed by atoms with Crippen LogP contribution in [0.1, 0.15) is 0 Å². The molecule has 0 rings (SSSR count). The Hall–Kier alpha value is 0.447. The fraction of sp³-hybridized carbons (Fsp3) is 0.333. The van der Waals surface area contributed by atoms with E-state index in [-0.39, 0.29) is 18.9 Å². The van der Waals surface area contributed by atoms with Crippen LogP contribution in [0.25, 0.3) is 0 Å².